The van der Waals surface area contributed by atoms with Gasteiger partial charge in [-0.3, -0.25) is 9.59 Å². The second-order valence-corrected chi connectivity index (χ2v) is 15.3. The van der Waals surface area contributed by atoms with E-state index < -0.39 is 0 Å². The number of allylic oxidation sites excluding steroid dienone is 2. The summed E-state index contributed by atoms with van der Waals surface area (Å²) in [5.41, 5.74) is 0. The van der Waals surface area contributed by atoms with Crippen LogP contribution in [0.25, 0.3) is 0 Å². The highest BCUT2D eigenvalue weighted by molar-refractivity contribution is 8.41. The number of ether oxygens (including phenoxy) is 2. The van der Waals surface area contributed by atoms with E-state index in [9.17, 15) is 9.59 Å². The first-order chi connectivity index (χ1) is 15.5. The first kappa shape index (κ1) is 28.9. The smallest absolute Gasteiger partial charge is 0.306 e. The molecule has 4 nitrogen and oxygen atoms in total. The Morgan fingerprint density at radius 3 is 1.44 bits per heavy atom. The SMILES string of the molecule is CCOC(=O)CCSC1=C(SCCC(=O)OCC)SC(=CC=C2SC(SC)=C(SC)S2)S1. The summed E-state index contributed by atoms with van der Waals surface area (Å²) in [6.07, 6.45) is 9.39. The Hall–Kier alpha value is 0.700. The van der Waals surface area contributed by atoms with Crippen LogP contribution in [0.5, 0.6) is 0 Å². The molecule has 0 atom stereocenters. The summed E-state index contributed by atoms with van der Waals surface area (Å²) in [4.78, 5) is 23.3. The summed E-state index contributed by atoms with van der Waals surface area (Å²) in [7, 11) is 0. The Balaban J connectivity index is 1.97. The number of hydrogen-bond donors (Lipinski definition) is 0. The van der Waals surface area contributed by atoms with Crippen LogP contribution in [0.4, 0.5) is 0 Å². The number of esters is 2. The zero-order valence-electron chi connectivity index (χ0n) is 18.3. The summed E-state index contributed by atoms with van der Waals surface area (Å²) in [5.74, 6) is 1.04. The number of rotatable bonds is 13. The van der Waals surface area contributed by atoms with Crippen LogP contribution in [0.3, 0.4) is 0 Å². The van der Waals surface area contributed by atoms with Crippen LogP contribution in [-0.2, 0) is 19.1 Å². The van der Waals surface area contributed by atoms with Gasteiger partial charge in [0.2, 0.25) is 0 Å². The lowest BCUT2D eigenvalue weighted by Gasteiger charge is -2.05. The lowest BCUT2D eigenvalue weighted by atomic mass is 10.5. The molecule has 0 aliphatic carbocycles. The van der Waals surface area contributed by atoms with E-state index in [0.29, 0.717) is 37.6 Å². The van der Waals surface area contributed by atoms with E-state index in [1.54, 1.807) is 70.6 Å². The minimum Gasteiger partial charge on any atom is -0.466 e. The van der Waals surface area contributed by atoms with Crippen LogP contribution in [0, 0.1) is 0 Å². The molecular formula is C20H26O4S8. The van der Waals surface area contributed by atoms with Gasteiger partial charge in [-0.25, -0.2) is 0 Å². The predicted octanol–water partition coefficient (Wildman–Crippen LogP) is 7.98. The topological polar surface area (TPSA) is 52.6 Å². The standard InChI is InChI=1S/C20H26O4S8/c1-5-23-13(21)9-11-27-19-20(28-12-10-14(22)24-6-2)32-16(31-19)8-7-15-29-17(25-3)18(26-4)30-15/h7-8H,5-6,9-12H2,1-4H3. The molecule has 12 heteroatoms. The highest BCUT2D eigenvalue weighted by atomic mass is 32.3. The number of thioether (sulfide) groups is 8. The molecule has 0 fully saturated rings. The Bertz CT molecular complexity index is 747. The normalized spacial score (nSPS) is 16.1. The van der Waals surface area contributed by atoms with Gasteiger partial charge in [0, 0.05) is 11.5 Å². The molecule has 2 rings (SSSR count). The van der Waals surface area contributed by atoms with Gasteiger partial charge in [-0.1, -0.05) is 47.0 Å². The highest BCUT2D eigenvalue weighted by Crippen LogP contribution is 2.59. The molecule has 0 spiro atoms. The van der Waals surface area contributed by atoms with Crippen molar-refractivity contribution in [2.45, 2.75) is 26.7 Å². The average molecular weight is 587 g/mol. The second-order valence-electron chi connectivity index (χ2n) is 5.74. The van der Waals surface area contributed by atoms with E-state index in [0.717, 1.165) is 0 Å². The van der Waals surface area contributed by atoms with Crippen molar-refractivity contribution in [2.75, 3.05) is 37.2 Å². The summed E-state index contributed by atoms with van der Waals surface area (Å²) in [6, 6.07) is 0. The Morgan fingerprint density at radius 1 is 0.719 bits per heavy atom. The maximum absolute atomic E-state index is 11.7. The summed E-state index contributed by atoms with van der Waals surface area (Å²) in [5, 5.41) is 0. The molecule has 0 saturated heterocycles. The Morgan fingerprint density at radius 2 is 1.09 bits per heavy atom. The van der Waals surface area contributed by atoms with Gasteiger partial charge < -0.3 is 9.47 Å². The van der Waals surface area contributed by atoms with Gasteiger partial charge in [0.1, 0.15) is 0 Å². The van der Waals surface area contributed by atoms with Gasteiger partial charge in [-0.05, 0) is 38.5 Å². The maximum atomic E-state index is 11.7. The molecule has 2 heterocycles. The first-order valence-electron chi connectivity index (χ1n) is 9.77. The average Bonchev–Trinajstić information content (AvgIpc) is 3.36. The minimum atomic E-state index is -0.162. The van der Waals surface area contributed by atoms with E-state index in [-0.39, 0.29) is 11.9 Å². The third-order valence-electron chi connectivity index (χ3n) is 3.52. The largest absolute Gasteiger partial charge is 0.466 e. The molecule has 0 bridgehead atoms. The van der Waals surface area contributed by atoms with Crippen molar-refractivity contribution in [1.29, 1.82) is 0 Å². The molecule has 0 N–H and O–H groups in total. The second kappa shape index (κ2) is 16.4. The summed E-state index contributed by atoms with van der Waals surface area (Å²) < 4.78 is 17.7. The van der Waals surface area contributed by atoms with E-state index in [4.69, 9.17) is 9.47 Å². The molecular weight excluding hydrogens is 561 g/mol. The van der Waals surface area contributed by atoms with Gasteiger partial charge >= 0.3 is 11.9 Å². The van der Waals surface area contributed by atoms with Gasteiger partial charge in [-0.2, -0.15) is 0 Å². The van der Waals surface area contributed by atoms with Crippen molar-refractivity contribution in [3.8, 4) is 0 Å². The Kier molecular flexibility index (Phi) is 14.8. The van der Waals surface area contributed by atoms with E-state index in [2.05, 4.69) is 24.7 Å². The van der Waals surface area contributed by atoms with Crippen LogP contribution in [0.15, 0.2) is 37.6 Å². The lowest BCUT2D eigenvalue weighted by Crippen LogP contribution is -2.04. The lowest BCUT2D eigenvalue weighted by molar-refractivity contribution is -0.143. The first-order valence-corrected chi connectivity index (χ1v) is 17.5. The van der Waals surface area contributed by atoms with Gasteiger partial charge in [0.05, 0.1) is 51.5 Å². The van der Waals surface area contributed by atoms with Gasteiger partial charge in [0.15, 0.2) is 0 Å². The fourth-order valence-corrected chi connectivity index (χ4v) is 12.7. The van der Waals surface area contributed by atoms with Crippen LogP contribution in [-0.4, -0.2) is 49.2 Å². The number of hydrogen-bond acceptors (Lipinski definition) is 12. The number of carbonyl (C=O) groups excluding carboxylic acids is 2. The van der Waals surface area contributed by atoms with Crippen LogP contribution in [0.1, 0.15) is 26.7 Å². The predicted molar refractivity (Wildman–Crippen MR) is 155 cm³/mol. The molecule has 0 saturated carbocycles. The minimum absolute atomic E-state index is 0.162. The van der Waals surface area contributed by atoms with Gasteiger partial charge in [-0.15, -0.1) is 47.0 Å². The third kappa shape index (κ3) is 10.1. The van der Waals surface area contributed by atoms with Crippen molar-refractivity contribution in [1.82, 2.24) is 0 Å². The highest BCUT2D eigenvalue weighted by Gasteiger charge is 2.23. The number of carbonyl (C=O) groups is 2. The molecule has 32 heavy (non-hydrogen) atoms. The monoisotopic (exact) mass is 586 g/mol. The van der Waals surface area contributed by atoms with E-state index >= 15 is 0 Å². The fraction of sp³-hybridized carbons (Fsp3) is 0.500. The van der Waals surface area contributed by atoms with E-state index in [1.165, 1.54) is 25.4 Å². The molecule has 2 aliphatic heterocycles. The summed E-state index contributed by atoms with van der Waals surface area (Å²) >= 11 is 14.1. The van der Waals surface area contributed by atoms with Crippen LogP contribution >= 0.6 is 94.1 Å². The third-order valence-corrected chi connectivity index (χ3v) is 14.1. The molecule has 0 unspecified atom stereocenters. The summed E-state index contributed by atoms with van der Waals surface area (Å²) in [6.45, 7) is 4.46. The molecule has 2 aliphatic rings. The molecule has 178 valence electrons. The molecule has 0 aromatic carbocycles. The van der Waals surface area contributed by atoms with Crippen molar-refractivity contribution >= 4 is 106 Å². The van der Waals surface area contributed by atoms with Gasteiger partial charge in [0.25, 0.3) is 0 Å². The maximum Gasteiger partial charge on any atom is 0.306 e. The Labute approximate surface area is 224 Å². The molecule has 0 aromatic rings. The zero-order valence-corrected chi connectivity index (χ0v) is 24.8. The quantitative estimate of drug-likeness (QED) is 0.197. The van der Waals surface area contributed by atoms with E-state index in [1.807, 2.05) is 37.4 Å². The molecule has 0 radical (unpaired) electrons. The fourth-order valence-electron chi connectivity index (χ4n) is 2.19. The van der Waals surface area contributed by atoms with Crippen molar-refractivity contribution in [2.24, 2.45) is 0 Å². The molecule has 0 aromatic heterocycles. The van der Waals surface area contributed by atoms with Crippen molar-refractivity contribution in [3.63, 3.8) is 0 Å². The van der Waals surface area contributed by atoms with Crippen molar-refractivity contribution < 1.29 is 19.1 Å². The van der Waals surface area contributed by atoms with Crippen LogP contribution < -0.4 is 0 Å². The van der Waals surface area contributed by atoms with Crippen molar-refractivity contribution in [3.05, 3.63) is 37.6 Å². The van der Waals surface area contributed by atoms with Crippen LogP contribution in [0.2, 0.25) is 0 Å². The molecule has 0 amide bonds. The zero-order chi connectivity index (χ0) is 23.3.